The lowest BCUT2D eigenvalue weighted by atomic mass is 9.98. The SMILES string of the molecule is Cc1ccc(F)c(C(=O)c2cccc(Br)c2C)c1. The van der Waals surface area contributed by atoms with E-state index in [1.807, 2.05) is 19.9 Å². The minimum Gasteiger partial charge on any atom is -0.288 e. The lowest BCUT2D eigenvalue weighted by Gasteiger charge is -2.08. The molecule has 0 N–H and O–H groups in total. The molecule has 92 valence electrons. The molecule has 0 aromatic heterocycles. The van der Waals surface area contributed by atoms with E-state index in [1.165, 1.54) is 6.07 Å². The minimum atomic E-state index is -0.482. The first-order valence-corrected chi connectivity index (χ1v) is 6.36. The second-order valence-corrected chi connectivity index (χ2v) is 5.08. The number of ketones is 1. The highest BCUT2D eigenvalue weighted by Gasteiger charge is 2.16. The summed E-state index contributed by atoms with van der Waals surface area (Å²) in [7, 11) is 0. The Labute approximate surface area is 114 Å². The third-order valence-corrected chi connectivity index (χ3v) is 3.74. The summed E-state index contributed by atoms with van der Waals surface area (Å²) in [4.78, 5) is 12.3. The number of carbonyl (C=O) groups is 1. The first-order valence-electron chi connectivity index (χ1n) is 5.56. The Hall–Kier alpha value is -1.48. The molecule has 0 heterocycles. The van der Waals surface area contributed by atoms with Crippen molar-refractivity contribution in [1.82, 2.24) is 0 Å². The normalized spacial score (nSPS) is 10.4. The molecular formula is C15H12BrFO. The van der Waals surface area contributed by atoms with Gasteiger partial charge in [0.1, 0.15) is 5.82 Å². The third-order valence-electron chi connectivity index (χ3n) is 2.88. The van der Waals surface area contributed by atoms with Crippen LogP contribution in [0.5, 0.6) is 0 Å². The average molecular weight is 307 g/mol. The molecule has 2 rings (SSSR count). The number of aryl methyl sites for hydroxylation is 1. The van der Waals surface area contributed by atoms with Crippen molar-refractivity contribution in [3.05, 3.63) is 68.9 Å². The number of benzene rings is 2. The van der Waals surface area contributed by atoms with Crippen LogP contribution in [0.2, 0.25) is 0 Å². The van der Waals surface area contributed by atoms with Gasteiger partial charge in [0.25, 0.3) is 0 Å². The molecule has 0 saturated carbocycles. The maximum Gasteiger partial charge on any atom is 0.196 e. The van der Waals surface area contributed by atoms with Crippen molar-refractivity contribution in [2.24, 2.45) is 0 Å². The number of hydrogen-bond acceptors (Lipinski definition) is 1. The van der Waals surface area contributed by atoms with Crippen molar-refractivity contribution in [3.63, 3.8) is 0 Å². The van der Waals surface area contributed by atoms with Crippen molar-refractivity contribution in [3.8, 4) is 0 Å². The Kier molecular flexibility index (Phi) is 3.62. The zero-order valence-corrected chi connectivity index (χ0v) is 11.7. The van der Waals surface area contributed by atoms with E-state index in [1.54, 1.807) is 24.3 Å². The van der Waals surface area contributed by atoms with Crippen LogP contribution < -0.4 is 0 Å². The predicted molar refractivity (Wildman–Crippen MR) is 73.4 cm³/mol. The zero-order valence-electron chi connectivity index (χ0n) is 10.1. The fraction of sp³-hybridized carbons (Fsp3) is 0.133. The summed E-state index contributed by atoms with van der Waals surface area (Å²) < 4.78 is 14.6. The highest BCUT2D eigenvalue weighted by Crippen LogP contribution is 2.23. The van der Waals surface area contributed by atoms with Gasteiger partial charge in [-0.3, -0.25) is 4.79 Å². The van der Waals surface area contributed by atoms with Crippen LogP contribution in [0.4, 0.5) is 4.39 Å². The average Bonchev–Trinajstić information content (AvgIpc) is 2.35. The maximum absolute atomic E-state index is 13.7. The molecule has 1 nitrogen and oxygen atoms in total. The smallest absolute Gasteiger partial charge is 0.196 e. The number of halogens is 2. The molecule has 0 atom stereocenters. The van der Waals surface area contributed by atoms with Crippen LogP contribution in [-0.2, 0) is 0 Å². The van der Waals surface area contributed by atoms with E-state index in [0.717, 1.165) is 15.6 Å². The maximum atomic E-state index is 13.7. The molecule has 3 heteroatoms. The molecule has 0 aliphatic carbocycles. The summed E-state index contributed by atoms with van der Waals surface area (Å²) in [5.41, 5.74) is 2.33. The topological polar surface area (TPSA) is 17.1 Å². The van der Waals surface area contributed by atoms with Crippen molar-refractivity contribution in [2.75, 3.05) is 0 Å². The molecule has 0 saturated heterocycles. The molecule has 0 amide bonds. The zero-order chi connectivity index (χ0) is 13.3. The lowest BCUT2D eigenvalue weighted by molar-refractivity contribution is 0.103. The first-order chi connectivity index (χ1) is 8.50. The summed E-state index contributed by atoms with van der Waals surface area (Å²) >= 11 is 3.37. The summed E-state index contributed by atoms with van der Waals surface area (Å²) in [6.45, 7) is 3.68. The molecule has 18 heavy (non-hydrogen) atoms. The fourth-order valence-electron chi connectivity index (χ4n) is 1.81. The number of hydrogen-bond donors (Lipinski definition) is 0. The molecule has 2 aromatic carbocycles. The van der Waals surface area contributed by atoms with Crippen molar-refractivity contribution in [2.45, 2.75) is 13.8 Å². The molecule has 0 spiro atoms. The molecule has 2 aromatic rings. The second kappa shape index (κ2) is 5.02. The molecule has 0 aliphatic heterocycles. The molecule has 0 unspecified atom stereocenters. The monoisotopic (exact) mass is 306 g/mol. The van der Waals surface area contributed by atoms with Crippen LogP contribution in [0.3, 0.4) is 0 Å². The van der Waals surface area contributed by atoms with Gasteiger partial charge in [-0.05, 0) is 37.6 Å². The van der Waals surface area contributed by atoms with Crippen LogP contribution in [0.25, 0.3) is 0 Å². The molecular weight excluding hydrogens is 295 g/mol. The Morgan fingerprint density at radius 3 is 2.56 bits per heavy atom. The Bertz CT molecular complexity index is 616. The van der Waals surface area contributed by atoms with Crippen LogP contribution in [-0.4, -0.2) is 5.78 Å². The molecule has 0 radical (unpaired) electrons. The van der Waals surface area contributed by atoms with Gasteiger partial charge >= 0.3 is 0 Å². The standard InChI is InChI=1S/C15H12BrFO/c1-9-6-7-14(17)12(8-9)15(18)11-4-3-5-13(16)10(11)2/h3-8H,1-2H3. The predicted octanol–water partition coefficient (Wildman–Crippen LogP) is 4.44. The van der Waals surface area contributed by atoms with Crippen LogP contribution in [0, 0.1) is 19.7 Å². The highest BCUT2D eigenvalue weighted by atomic mass is 79.9. The Morgan fingerprint density at radius 1 is 1.11 bits per heavy atom. The van der Waals surface area contributed by atoms with Gasteiger partial charge in [0.15, 0.2) is 5.78 Å². The Balaban J connectivity index is 2.55. The van der Waals surface area contributed by atoms with E-state index < -0.39 is 5.82 Å². The van der Waals surface area contributed by atoms with Crippen molar-refractivity contribution >= 4 is 21.7 Å². The van der Waals surface area contributed by atoms with Gasteiger partial charge in [-0.15, -0.1) is 0 Å². The second-order valence-electron chi connectivity index (χ2n) is 4.22. The van der Waals surface area contributed by atoms with E-state index in [4.69, 9.17) is 0 Å². The van der Waals surface area contributed by atoms with Gasteiger partial charge in [0.05, 0.1) is 5.56 Å². The van der Waals surface area contributed by atoms with Crippen LogP contribution in [0.15, 0.2) is 40.9 Å². The number of carbonyl (C=O) groups excluding carboxylic acids is 1. The van der Waals surface area contributed by atoms with E-state index in [-0.39, 0.29) is 11.3 Å². The van der Waals surface area contributed by atoms with Gasteiger partial charge in [-0.25, -0.2) is 4.39 Å². The fourth-order valence-corrected chi connectivity index (χ4v) is 2.18. The van der Waals surface area contributed by atoms with E-state index in [9.17, 15) is 9.18 Å². The summed E-state index contributed by atoms with van der Waals surface area (Å²) in [6, 6.07) is 9.91. The molecule has 0 aliphatic rings. The van der Waals surface area contributed by atoms with Gasteiger partial charge in [0, 0.05) is 10.0 Å². The Morgan fingerprint density at radius 2 is 1.83 bits per heavy atom. The largest absolute Gasteiger partial charge is 0.288 e. The van der Waals surface area contributed by atoms with Gasteiger partial charge in [-0.2, -0.15) is 0 Å². The van der Waals surface area contributed by atoms with Gasteiger partial charge < -0.3 is 0 Å². The van der Waals surface area contributed by atoms with Gasteiger partial charge in [-0.1, -0.05) is 39.7 Å². The molecule has 0 fully saturated rings. The summed E-state index contributed by atoms with van der Waals surface area (Å²) in [5.74, 6) is -0.764. The minimum absolute atomic E-state index is 0.121. The summed E-state index contributed by atoms with van der Waals surface area (Å²) in [5, 5.41) is 0. The van der Waals surface area contributed by atoms with E-state index in [2.05, 4.69) is 15.9 Å². The van der Waals surface area contributed by atoms with Crippen molar-refractivity contribution in [1.29, 1.82) is 0 Å². The van der Waals surface area contributed by atoms with E-state index in [0.29, 0.717) is 5.56 Å². The van der Waals surface area contributed by atoms with Crippen molar-refractivity contribution < 1.29 is 9.18 Å². The first kappa shape index (κ1) is 13.0. The van der Waals surface area contributed by atoms with Crippen LogP contribution >= 0.6 is 15.9 Å². The van der Waals surface area contributed by atoms with E-state index >= 15 is 0 Å². The summed E-state index contributed by atoms with van der Waals surface area (Å²) in [6.07, 6.45) is 0. The van der Waals surface area contributed by atoms with Crippen LogP contribution in [0.1, 0.15) is 27.0 Å². The van der Waals surface area contributed by atoms with Gasteiger partial charge in [0.2, 0.25) is 0 Å². The molecule has 0 bridgehead atoms. The quantitative estimate of drug-likeness (QED) is 0.750. The highest BCUT2D eigenvalue weighted by molar-refractivity contribution is 9.10. The lowest BCUT2D eigenvalue weighted by Crippen LogP contribution is -2.07. The third kappa shape index (κ3) is 2.36. The number of rotatable bonds is 2.